The number of ether oxygens (including phenoxy) is 2. The molecule has 150 valence electrons. The van der Waals surface area contributed by atoms with Crippen LogP contribution in [-0.4, -0.2) is 29.9 Å². The number of anilines is 1. The van der Waals surface area contributed by atoms with Gasteiger partial charge in [-0.05, 0) is 41.8 Å². The van der Waals surface area contributed by atoms with Gasteiger partial charge in [0.25, 0.3) is 11.8 Å². The number of nitrogens with zero attached hydrogens (tertiary/aromatic N) is 1. The Bertz CT molecular complexity index is 1000. The molecule has 2 amide bonds. The number of carbonyl (C=O) groups is 2. The highest BCUT2D eigenvalue weighted by Gasteiger charge is 2.34. The number of carbonyl (C=O) groups excluding carboxylic acids is 2. The Kier molecular flexibility index (Phi) is 6.56. The van der Waals surface area contributed by atoms with Crippen molar-refractivity contribution in [3.63, 3.8) is 0 Å². The summed E-state index contributed by atoms with van der Waals surface area (Å²) >= 11 is 6.73. The molecule has 0 radical (unpaired) electrons. The second-order valence-electron chi connectivity index (χ2n) is 6.16. The average Bonchev–Trinajstić information content (AvgIpc) is 2.99. The third kappa shape index (κ3) is 4.60. The number of para-hydroxylation sites is 1. The first kappa shape index (κ1) is 20.9. The van der Waals surface area contributed by atoms with E-state index in [0.29, 0.717) is 20.7 Å². The van der Waals surface area contributed by atoms with E-state index in [1.54, 1.807) is 29.2 Å². The van der Waals surface area contributed by atoms with E-state index in [1.807, 2.05) is 31.2 Å². The summed E-state index contributed by atoms with van der Waals surface area (Å²) in [7, 11) is 1.50. The highest BCUT2D eigenvalue weighted by molar-refractivity contribution is 8.27. The van der Waals surface area contributed by atoms with Crippen LogP contribution in [0.4, 0.5) is 5.69 Å². The van der Waals surface area contributed by atoms with Crippen molar-refractivity contribution in [1.29, 1.82) is 0 Å². The Morgan fingerprint density at radius 3 is 2.69 bits per heavy atom. The normalized spacial score (nSPS) is 15.1. The molecular formula is C21H20N2O4S2. The molecule has 2 aromatic rings. The zero-order valence-corrected chi connectivity index (χ0v) is 17.6. The Labute approximate surface area is 178 Å². The number of benzene rings is 2. The fraction of sp³-hybridized carbons (Fsp3) is 0.190. The number of hydrogen-bond acceptors (Lipinski definition) is 6. The molecule has 2 aromatic carbocycles. The quantitative estimate of drug-likeness (QED) is 0.537. The zero-order chi connectivity index (χ0) is 21.0. The van der Waals surface area contributed by atoms with Crippen LogP contribution in [0, 0.1) is 0 Å². The summed E-state index contributed by atoms with van der Waals surface area (Å²) in [5, 5.41) is 0. The molecule has 1 saturated heterocycles. The molecule has 1 aliphatic rings. The lowest BCUT2D eigenvalue weighted by atomic mass is 10.1. The van der Waals surface area contributed by atoms with E-state index in [-0.39, 0.29) is 12.5 Å². The van der Waals surface area contributed by atoms with E-state index in [4.69, 9.17) is 27.4 Å². The van der Waals surface area contributed by atoms with Crippen LogP contribution in [0.1, 0.15) is 18.1 Å². The predicted molar refractivity (Wildman–Crippen MR) is 119 cm³/mol. The van der Waals surface area contributed by atoms with Crippen LogP contribution in [0.3, 0.4) is 0 Å². The summed E-state index contributed by atoms with van der Waals surface area (Å²) in [6.07, 6.45) is 2.56. The molecule has 2 N–H and O–H groups in total. The highest BCUT2D eigenvalue weighted by Crippen LogP contribution is 2.38. The smallest absolute Gasteiger partial charge is 0.270 e. The van der Waals surface area contributed by atoms with E-state index in [2.05, 4.69) is 0 Å². The number of hydrogen-bond donors (Lipinski definition) is 1. The van der Waals surface area contributed by atoms with Crippen molar-refractivity contribution in [2.75, 3.05) is 18.6 Å². The van der Waals surface area contributed by atoms with Crippen LogP contribution >= 0.6 is 24.0 Å². The molecule has 0 aromatic heterocycles. The maximum Gasteiger partial charge on any atom is 0.270 e. The van der Waals surface area contributed by atoms with Gasteiger partial charge in [-0.3, -0.25) is 14.5 Å². The van der Waals surface area contributed by atoms with Gasteiger partial charge in [0.1, 0.15) is 0 Å². The first-order valence-electron chi connectivity index (χ1n) is 8.89. The molecule has 1 aliphatic heterocycles. The fourth-order valence-corrected chi connectivity index (χ4v) is 4.18. The number of thiocarbonyl (C=S) groups is 1. The largest absolute Gasteiger partial charge is 0.493 e. The average molecular weight is 429 g/mol. The molecule has 0 aliphatic carbocycles. The van der Waals surface area contributed by atoms with E-state index in [9.17, 15) is 9.59 Å². The maximum absolute atomic E-state index is 13.0. The second-order valence-corrected chi connectivity index (χ2v) is 7.84. The Morgan fingerprint density at radius 1 is 1.24 bits per heavy atom. The summed E-state index contributed by atoms with van der Waals surface area (Å²) in [4.78, 5) is 26.0. The first-order chi connectivity index (χ1) is 13.9. The van der Waals surface area contributed by atoms with Crippen LogP contribution in [0.25, 0.3) is 6.08 Å². The third-order valence-corrected chi connectivity index (χ3v) is 5.56. The molecule has 6 nitrogen and oxygen atoms in total. The van der Waals surface area contributed by atoms with Crippen molar-refractivity contribution < 1.29 is 19.1 Å². The summed E-state index contributed by atoms with van der Waals surface area (Å²) in [6, 6.07) is 12.9. The molecule has 0 saturated carbocycles. The standard InChI is InChI=1S/C21H20N2O4S2/c1-3-14-6-4-5-7-15(14)23-20(25)18(29-21(23)28)11-13-8-9-16(17(10-13)26-2)27-12-19(22)24/h4-11H,3,12H2,1-2H3,(H2,22,24)/b18-11-. The molecule has 0 bridgehead atoms. The van der Waals surface area contributed by atoms with E-state index in [1.165, 1.54) is 18.9 Å². The number of rotatable bonds is 7. The van der Waals surface area contributed by atoms with Gasteiger partial charge in [-0.2, -0.15) is 0 Å². The zero-order valence-electron chi connectivity index (χ0n) is 16.0. The molecule has 0 unspecified atom stereocenters. The van der Waals surface area contributed by atoms with Crippen molar-refractivity contribution in [3.8, 4) is 11.5 Å². The lowest BCUT2D eigenvalue weighted by molar-refractivity contribution is -0.120. The third-order valence-electron chi connectivity index (χ3n) is 4.26. The van der Waals surface area contributed by atoms with Crippen molar-refractivity contribution in [1.82, 2.24) is 0 Å². The van der Waals surface area contributed by atoms with Gasteiger partial charge in [0.05, 0.1) is 17.7 Å². The second kappa shape index (κ2) is 9.11. The summed E-state index contributed by atoms with van der Waals surface area (Å²) in [5.41, 5.74) is 7.73. The molecule has 1 heterocycles. The van der Waals surface area contributed by atoms with Gasteiger partial charge in [0, 0.05) is 0 Å². The van der Waals surface area contributed by atoms with Crippen molar-refractivity contribution in [2.45, 2.75) is 13.3 Å². The minimum atomic E-state index is -0.577. The van der Waals surface area contributed by atoms with Crippen molar-refractivity contribution in [3.05, 3.63) is 58.5 Å². The lowest BCUT2D eigenvalue weighted by Crippen LogP contribution is -2.28. The SMILES string of the molecule is CCc1ccccc1N1C(=O)/C(=C/c2ccc(OCC(N)=O)c(OC)c2)SC1=S. The molecule has 0 atom stereocenters. The molecular weight excluding hydrogens is 408 g/mol. The summed E-state index contributed by atoms with van der Waals surface area (Å²) in [6.45, 7) is 1.80. The number of thioether (sulfide) groups is 1. The summed E-state index contributed by atoms with van der Waals surface area (Å²) < 4.78 is 11.1. The molecule has 0 spiro atoms. The van der Waals surface area contributed by atoms with Crippen LogP contribution in [0.15, 0.2) is 47.4 Å². The monoisotopic (exact) mass is 428 g/mol. The van der Waals surface area contributed by atoms with E-state index < -0.39 is 5.91 Å². The van der Waals surface area contributed by atoms with Crippen LogP contribution in [0.2, 0.25) is 0 Å². The predicted octanol–water partition coefficient (Wildman–Crippen LogP) is 3.53. The van der Waals surface area contributed by atoms with Gasteiger partial charge in [0.15, 0.2) is 22.4 Å². The Hall–Kier alpha value is -2.84. The molecule has 1 fully saturated rings. The maximum atomic E-state index is 13.0. The Morgan fingerprint density at radius 2 is 2.00 bits per heavy atom. The van der Waals surface area contributed by atoms with E-state index in [0.717, 1.165) is 23.2 Å². The minimum Gasteiger partial charge on any atom is -0.493 e. The molecule has 29 heavy (non-hydrogen) atoms. The van der Waals surface area contributed by atoms with Crippen molar-refractivity contribution in [2.24, 2.45) is 5.73 Å². The molecule has 3 rings (SSSR count). The number of amides is 2. The fourth-order valence-electron chi connectivity index (χ4n) is 2.90. The van der Waals surface area contributed by atoms with Gasteiger partial charge in [0.2, 0.25) is 0 Å². The van der Waals surface area contributed by atoms with Crippen LogP contribution in [0.5, 0.6) is 11.5 Å². The van der Waals surface area contributed by atoms with Gasteiger partial charge < -0.3 is 15.2 Å². The van der Waals surface area contributed by atoms with Gasteiger partial charge in [-0.1, -0.05) is 55.2 Å². The summed E-state index contributed by atoms with van der Waals surface area (Å²) in [5.74, 6) is 0.0979. The van der Waals surface area contributed by atoms with Crippen LogP contribution < -0.4 is 20.1 Å². The van der Waals surface area contributed by atoms with E-state index >= 15 is 0 Å². The lowest BCUT2D eigenvalue weighted by Gasteiger charge is -2.18. The number of aryl methyl sites for hydroxylation is 1. The highest BCUT2D eigenvalue weighted by atomic mass is 32.2. The first-order valence-corrected chi connectivity index (χ1v) is 10.1. The Balaban J connectivity index is 1.88. The number of primary amides is 1. The van der Waals surface area contributed by atoms with Crippen molar-refractivity contribution >= 4 is 51.9 Å². The molecule has 8 heteroatoms. The number of nitrogens with two attached hydrogens (primary N) is 1. The van der Waals surface area contributed by atoms with Gasteiger partial charge >= 0.3 is 0 Å². The van der Waals surface area contributed by atoms with Gasteiger partial charge in [-0.15, -0.1) is 0 Å². The minimum absolute atomic E-state index is 0.158. The van der Waals surface area contributed by atoms with Crippen LogP contribution in [-0.2, 0) is 16.0 Å². The number of methoxy groups -OCH3 is 1. The van der Waals surface area contributed by atoms with Gasteiger partial charge in [-0.25, -0.2) is 0 Å². The topological polar surface area (TPSA) is 81.9 Å².